The first-order valence-corrected chi connectivity index (χ1v) is 30.1. The number of rotatable bonds is 37. The van der Waals surface area contributed by atoms with Gasteiger partial charge in [0.2, 0.25) is 17.7 Å². The minimum atomic E-state index is -0.742. The number of halogens is 1. The predicted octanol–water partition coefficient (Wildman–Crippen LogP) is 8.00. The highest BCUT2D eigenvalue weighted by Crippen LogP contribution is 2.36. The Balaban J connectivity index is 0.659. The number of ether oxygens (including phenoxy) is 5. The molecule has 7 rings (SSSR count). The van der Waals surface area contributed by atoms with Crippen LogP contribution in [0.25, 0.3) is 0 Å². The van der Waals surface area contributed by atoms with E-state index in [0.717, 1.165) is 84.5 Å². The molecule has 5 aromatic rings. The minimum absolute atomic E-state index is 0.0276. The van der Waals surface area contributed by atoms with Gasteiger partial charge in [0.1, 0.15) is 24.1 Å². The molecule has 1 saturated heterocycles. The van der Waals surface area contributed by atoms with Crippen LogP contribution in [0.1, 0.15) is 60.7 Å². The Morgan fingerprint density at radius 2 is 1.49 bits per heavy atom. The molecule has 3 N–H and O–H groups in total. The molecule has 2 aliphatic rings. The highest BCUT2D eigenvalue weighted by atomic mass is 79.9. The van der Waals surface area contributed by atoms with Crippen molar-refractivity contribution in [3.05, 3.63) is 148 Å². The highest BCUT2D eigenvalue weighted by Gasteiger charge is 2.41. The molecule has 1 unspecified atom stereocenters. The van der Waals surface area contributed by atoms with Crippen LogP contribution in [0.4, 0.5) is 15.6 Å². The molecular weight excluding hydrogens is 1140 g/mol. The molecule has 1 atom stereocenters. The van der Waals surface area contributed by atoms with Crippen LogP contribution in [0.5, 0.6) is 11.5 Å². The van der Waals surface area contributed by atoms with Gasteiger partial charge in [0.05, 0.1) is 70.6 Å². The molecule has 0 radical (unpaired) electrons. The topological polar surface area (TPSA) is 207 Å². The van der Waals surface area contributed by atoms with E-state index in [1.54, 1.807) is 57.5 Å². The minimum Gasteiger partial charge on any atom is -0.494 e. The van der Waals surface area contributed by atoms with Gasteiger partial charge in [-0.25, -0.2) is 14.5 Å². The van der Waals surface area contributed by atoms with Crippen LogP contribution in [0.2, 0.25) is 0 Å². The van der Waals surface area contributed by atoms with Gasteiger partial charge in [0.15, 0.2) is 5.13 Å². The van der Waals surface area contributed by atoms with Gasteiger partial charge in [-0.05, 0) is 118 Å². The Morgan fingerprint density at radius 1 is 0.795 bits per heavy atom. The molecule has 1 aliphatic heterocycles. The standard InChI is InChI=1S/C61H80BrN11O9S/c1-5-9-46(6-2)43-63-59(76)58(48-13-15-49(62)16-14-48)73(53-19-20-53)56(74)25-12-47-10-21-54(22-11-47)81-34-8-7-27-69(3)32-36-79-39-38-78-35-26-51-44-72(68-67-51)33-37-80-40-41-82-55-23-17-50(18-24-55)64-60(77)66-61-65-52(45-83-61)42-57(75)71-30-28-70(4)29-31-71/h5-6,9-11,13-18,21-24,44-45,53,58H,1-2,7-8,12,19-20,25-43H2,3-4H3,(H,63,76)(H2,64,65,66,77)/b46-9+. The number of carbonyl (C=O) groups excluding carboxylic acids is 4. The fourth-order valence-electron chi connectivity index (χ4n) is 8.97. The molecule has 446 valence electrons. The average molecular weight is 1220 g/mol. The fourth-order valence-corrected chi connectivity index (χ4v) is 9.94. The normalized spacial score (nSPS) is 14.0. The summed E-state index contributed by atoms with van der Waals surface area (Å²) in [6.07, 6.45) is 12.4. The van der Waals surface area contributed by atoms with Gasteiger partial charge < -0.3 is 53.9 Å². The molecule has 22 heteroatoms. The number of allylic oxidation sites excluding steroid dienone is 2. The zero-order valence-corrected chi connectivity index (χ0v) is 50.3. The fraction of sp³-hybridized carbons (Fsp3) is 0.459. The summed E-state index contributed by atoms with van der Waals surface area (Å²) in [5, 5.41) is 19.2. The van der Waals surface area contributed by atoms with E-state index in [1.807, 2.05) is 66.7 Å². The largest absolute Gasteiger partial charge is 0.494 e. The van der Waals surface area contributed by atoms with E-state index in [2.05, 4.69) is 77.2 Å². The van der Waals surface area contributed by atoms with Gasteiger partial charge in [-0.2, -0.15) is 0 Å². The molecule has 20 nitrogen and oxygen atoms in total. The smallest absolute Gasteiger partial charge is 0.325 e. The Labute approximate surface area is 500 Å². The molecule has 1 aliphatic carbocycles. The number of anilines is 2. The van der Waals surface area contributed by atoms with E-state index >= 15 is 0 Å². The van der Waals surface area contributed by atoms with E-state index < -0.39 is 12.1 Å². The number of urea groups is 1. The Morgan fingerprint density at radius 3 is 2.22 bits per heavy atom. The van der Waals surface area contributed by atoms with Gasteiger partial charge in [0, 0.05) is 79.9 Å². The molecule has 0 spiro atoms. The number of aromatic nitrogens is 4. The van der Waals surface area contributed by atoms with Crippen LogP contribution in [0.15, 0.2) is 126 Å². The number of unbranched alkanes of at least 4 members (excludes halogenated alkanes) is 1. The number of nitrogens with one attached hydrogen (secondary N) is 3. The number of amides is 5. The van der Waals surface area contributed by atoms with Crippen LogP contribution in [-0.2, 0) is 54.4 Å². The summed E-state index contributed by atoms with van der Waals surface area (Å²) in [7, 11) is 4.14. The molecule has 1 saturated carbocycles. The summed E-state index contributed by atoms with van der Waals surface area (Å²) in [6, 6.07) is 21.4. The van der Waals surface area contributed by atoms with Crippen molar-refractivity contribution in [1.29, 1.82) is 0 Å². The second-order valence-corrected chi connectivity index (χ2v) is 22.2. The van der Waals surface area contributed by atoms with Crippen LogP contribution >= 0.6 is 27.3 Å². The lowest BCUT2D eigenvalue weighted by atomic mass is 10.0. The lowest BCUT2D eigenvalue weighted by Gasteiger charge is -2.32. The lowest BCUT2D eigenvalue weighted by molar-refractivity contribution is -0.141. The van der Waals surface area contributed by atoms with Gasteiger partial charge in [-0.3, -0.25) is 19.7 Å². The third-order valence-corrected chi connectivity index (χ3v) is 15.2. The Kier molecular flexibility index (Phi) is 26.7. The van der Waals surface area contributed by atoms with E-state index in [1.165, 1.54) is 11.3 Å². The first-order chi connectivity index (χ1) is 40.4. The van der Waals surface area contributed by atoms with Gasteiger partial charge >= 0.3 is 6.03 Å². The van der Waals surface area contributed by atoms with Crippen molar-refractivity contribution < 1.29 is 42.9 Å². The van der Waals surface area contributed by atoms with Crippen molar-refractivity contribution in [2.24, 2.45) is 0 Å². The van der Waals surface area contributed by atoms with Crippen LogP contribution < -0.4 is 25.4 Å². The summed E-state index contributed by atoms with van der Waals surface area (Å²) in [5.74, 6) is 1.22. The summed E-state index contributed by atoms with van der Waals surface area (Å²) in [4.78, 5) is 65.5. The monoisotopic (exact) mass is 1220 g/mol. The van der Waals surface area contributed by atoms with Crippen molar-refractivity contribution in [2.75, 3.05) is 123 Å². The van der Waals surface area contributed by atoms with Crippen LogP contribution in [0, 0.1) is 0 Å². The second kappa shape index (κ2) is 34.7. The molecule has 2 aromatic heterocycles. The number of hydrogen-bond donors (Lipinski definition) is 3. The van der Waals surface area contributed by atoms with Crippen molar-refractivity contribution in [3.63, 3.8) is 0 Å². The lowest BCUT2D eigenvalue weighted by Crippen LogP contribution is -2.47. The number of aryl methyl sites for hydroxylation is 1. The van der Waals surface area contributed by atoms with Crippen molar-refractivity contribution in [3.8, 4) is 11.5 Å². The molecule has 3 heterocycles. The second-order valence-electron chi connectivity index (χ2n) is 20.4. The van der Waals surface area contributed by atoms with Crippen molar-refractivity contribution >= 4 is 61.8 Å². The first kappa shape index (κ1) is 63.8. The molecule has 83 heavy (non-hydrogen) atoms. The molecule has 3 aromatic carbocycles. The average Bonchev–Trinajstić information content (AvgIpc) is 4.11. The number of benzene rings is 3. The van der Waals surface area contributed by atoms with Crippen LogP contribution in [-0.4, -0.2) is 182 Å². The molecule has 2 fully saturated rings. The molecule has 5 amide bonds. The van der Waals surface area contributed by atoms with Gasteiger partial charge in [-0.15, -0.1) is 16.4 Å². The number of piperazine rings is 1. The quantitative estimate of drug-likeness (QED) is 0.0255. The maximum absolute atomic E-state index is 13.9. The van der Waals surface area contributed by atoms with E-state index in [0.29, 0.717) is 114 Å². The number of hydrogen-bond acceptors (Lipinski definition) is 15. The number of likely N-dealkylation sites (N-methyl/N-ethyl adjacent to an activating group) is 2. The van der Waals surface area contributed by atoms with Crippen molar-refractivity contribution in [1.82, 2.24) is 44.9 Å². The van der Waals surface area contributed by atoms with Gasteiger partial charge in [0.25, 0.3) is 0 Å². The molecule has 0 bridgehead atoms. The van der Waals surface area contributed by atoms with E-state index in [-0.39, 0.29) is 36.6 Å². The van der Waals surface area contributed by atoms with Crippen molar-refractivity contribution in [2.45, 2.75) is 70.0 Å². The number of nitrogens with zero attached hydrogens (tertiary/aromatic N) is 8. The van der Waals surface area contributed by atoms with Gasteiger partial charge in [-0.1, -0.05) is 76.8 Å². The highest BCUT2D eigenvalue weighted by molar-refractivity contribution is 9.10. The maximum Gasteiger partial charge on any atom is 0.325 e. The number of carbonyl (C=O) groups is 4. The Bertz CT molecular complexity index is 2840. The third-order valence-electron chi connectivity index (χ3n) is 13.9. The van der Waals surface area contributed by atoms with E-state index in [4.69, 9.17) is 23.7 Å². The zero-order chi connectivity index (χ0) is 58.6. The molecular formula is C61H80BrN11O9S. The SMILES string of the molecule is C=C/C=C(\C=C)CNC(=O)C(c1ccc(Br)cc1)N(C(=O)CCc1ccc(OCCCCN(C)CCOCCOCCc2cn(CCOCCOc3ccc(NC(=O)Nc4nc(CC(=O)N5CCN(C)CC5)cs4)cc3)nn2)cc1)C1CC1. The predicted molar refractivity (Wildman–Crippen MR) is 326 cm³/mol. The Hall–Kier alpha value is -6.79. The van der Waals surface area contributed by atoms with Crippen LogP contribution in [0.3, 0.4) is 0 Å². The first-order valence-electron chi connectivity index (χ1n) is 28.5. The van der Waals surface area contributed by atoms with E-state index in [9.17, 15) is 19.2 Å². The number of thiazole rings is 1. The summed E-state index contributed by atoms with van der Waals surface area (Å²) >= 11 is 4.78. The summed E-state index contributed by atoms with van der Waals surface area (Å²) in [6.45, 7) is 17.3. The summed E-state index contributed by atoms with van der Waals surface area (Å²) in [5.41, 5.74) is 4.72. The zero-order valence-electron chi connectivity index (χ0n) is 47.9. The summed E-state index contributed by atoms with van der Waals surface area (Å²) < 4.78 is 31.8. The third kappa shape index (κ3) is 22.7. The maximum atomic E-state index is 13.9.